The molecule has 1 spiro atoms. The predicted molar refractivity (Wildman–Crippen MR) is 105 cm³/mol. The van der Waals surface area contributed by atoms with Gasteiger partial charge in [-0.2, -0.15) is 13.2 Å². The number of amides is 2. The first-order valence-electron chi connectivity index (χ1n) is 10.1. The molecule has 1 saturated heterocycles. The van der Waals surface area contributed by atoms with Gasteiger partial charge in [-0.05, 0) is 50.8 Å². The van der Waals surface area contributed by atoms with E-state index in [2.05, 4.69) is 20.3 Å². The Morgan fingerprint density at radius 3 is 2.77 bits per heavy atom. The van der Waals surface area contributed by atoms with E-state index in [4.69, 9.17) is 0 Å². The Balaban J connectivity index is 1.47. The van der Waals surface area contributed by atoms with Crippen LogP contribution in [0.1, 0.15) is 54.1 Å². The van der Waals surface area contributed by atoms with E-state index in [1.807, 2.05) is 0 Å². The van der Waals surface area contributed by atoms with Crippen LogP contribution in [-0.4, -0.2) is 39.4 Å². The van der Waals surface area contributed by atoms with E-state index in [1.54, 1.807) is 24.1 Å². The van der Waals surface area contributed by atoms with Crippen molar-refractivity contribution in [2.75, 3.05) is 11.4 Å². The van der Waals surface area contributed by atoms with Crippen molar-refractivity contribution in [2.45, 2.75) is 51.2 Å². The van der Waals surface area contributed by atoms with E-state index in [0.717, 1.165) is 18.6 Å². The highest BCUT2D eigenvalue weighted by atomic mass is 19.4. The molecule has 2 aromatic heterocycles. The van der Waals surface area contributed by atoms with E-state index in [-0.39, 0.29) is 17.6 Å². The summed E-state index contributed by atoms with van der Waals surface area (Å²) in [5.74, 6) is 0.450. The van der Waals surface area contributed by atoms with Crippen LogP contribution in [0.3, 0.4) is 0 Å². The van der Waals surface area contributed by atoms with Gasteiger partial charge < -0.3 is 5.32 Å². The minimum Gasteiger partial charge on any atom is -0.348 e. The maximum Gasteiger partial charge on any atom is 0.433 e. The van der Waals surface area contributed by atoms with Crippen LogP contribution in [0, 0.1) is 12.3 Å². The molecular weight excluding hydrogens is 411 g/mol. The first-order valence-corrected chi connectivity index (χ1v) is 10.1. The summed E-state index contributed by atoms with van der Waals surface area (Å²) >= 11 is 0. The third-order valence-corrected chi connectivity index (χ3v) is 6.00. The minimum absolute atomic E-state index is 0.0262. The quantitative estimate of drug-likeness (QED) is 0.803. The molecule has 0 bridgehead atoms. The second-order valence-corrected chi connectivity index (χ2v) is 8.12. The standard InChI is InChI=1S/C21H22F3N5O2/c1-13-25-10-7-17(26-13)29-11-9-20(19(29)31)8-3-4-14(12-20)27-18(30)15-5-2-6-16(28-15)21(22,23)24/h2,5-7,10,14H,3-4,8-9,11-12H2,1H3,(H,27,30)/t14-,20+/m1/s1. The van der Waals surface area contributed by atoms with E-state index >= 15 is 0 Å². The van der Waals surface area contributed by atoms with Gasteiger partial charge >= 0.3 is 6.18 Å². The Morgan fingerprint density at radius 1 is 1.23 bits per heavy atom. The fraction of sp³-hybridized carbons (Fsp3) is 0.476. The van der Waals surface area contributed by atoms with Gasteiger partial charge in [0.2, 0.25) is 5.91 Å². The Morgan fingerprint density at radius 2 is 2.03 bits per heavy atom. The van der Waals surface area contributed by atoms with Crippen LogP contribution in [0.2, 0.25) is 0 Å². The number of alkyl halides is 3. The molecule has 2 aliphatic rings. The number of carbonyl (C=O) groups excluding carboxylic acids is 2. The number of aryl methyl sites for hydroxylation is 1. The summed E-state index contributed by atoms with van der Waals surface area (Å²) < 4.78 is 38.7. The lowest BCUT2D eigenvalue weighted by Crippen LogP contribution is -2.46. The van der Waals surface area contributed by atoms with Gasteiger partial charge in [-0.1, -0.05) is 12.5 Å². The average molecular weight is 433 g/mol. The van der Waals surface area contributed by atoms with Gasteiger partial charge in [-0.15, -0.1) is 0 Å². The second kappa shape index (κ2) is 7.90. The molecule has 2 amide bonds. The Kier molecular flexibility index (Phi) is 5.40. The van der Waals surface area contributed by atoms with E-state index in [0.29, 0.717) is 43.9 Å². The summed E-state index contributed by atoms with van der Waals surface area (Å²) in [4.78, 5) is 39.3. The van der Waals surface area contributed by atoms with Crippen LogP contribution in [-0.2, 0) is 11.0 Å². The smallest absolute Gasteiger partial charge is 0.348 e. The fourth-order valence-electron chi connectivity index (χ4n) is 4.52. The minimum atomic E-state index is -4.62. The summed E-state index contributed by atoms with van der Waals surface area (Å²) in [6, 6.07) is 4.63. The Bertz CT molecular complexity index is 1010. The largest absolute Gasteiger partial charge is 0.433 e. The molecule has 2 aromatic rings. The number of carbonyl (C=O) groups is 2. The molecule has 1 N–H and O–H groups in total. The molecular formula is C21H22F3N5O2. The van der Waals surface area contributed by atoms with Crippen molar-refractivity contribution in [1.29, 1.82) is 0 Å². The van der Waals surface area contributed by atoms with Crippen LogP contribution >= 0.6 is 0 Å². The number of nitrogens with one attached hydrogen (secondary N) is 1. The Hall–Kier alpha value is -3.04. The van der Waals surface area contributed by atoms with E-state index in [1.165, 1.54) is 6.07 Å². The maximum atomic E-state index is 13.3. The topological polar surface area (TPSA) is 88.1 Å². The highest BCUT2D eigenvalue weighted by Gasteiger charge is 2.50. The highest BCUT2D eigenvalue weighted by Crippen LogP contribution is 2.45. The summed E-state index contributed by atoms with van der Waals surface area (Å²) in [6.07, 6.45) is 0.183. The number of hydrogen-bond acceptors (Lipinski definition) is 5. The zero-order valence-electron chi connectivity index (χ0n) is 16.9. The third-order valence-electron chi connectivity index (χ3n) is 6.00. The Labute approximate surface area is 177 Å². The van der Waals surface area contributed by atoms with Crippen molar-refractivity contribution in [2.24, 2.45) is 5.41 Å². The van der Waals surface area contributed by atoms with Crippen molar-refractivity contribution < 1.29 is 22.8 Å². The molecule has 164 valence electrons. The number of aromatic nitrogens is 3. The van der Waals surface area contributed by atoms with Gasteiger partial charge in [0.1, 0.15) is 23.0 Å². The van der Waals surface area contributed by atoms with Crippen molar-refractivity contribution in [3.05, 3.63) is 47.7 Å². The number of halogens is 3. The zero-order valence-corrected chi connectivity index (χ0v) is 16.9. The van der Waals surface area contributed by atoms with Crippen LogP contribution in [0.5, 0.6) is 0 Å². The number of nitrogens with zero attached hydrogens (tertiary/aromatic N) is 4. The second-order valence-electron chi connectivity index (χ2n) is 8.12. The summed E-state index contributed by atoms with van der Waals surface area (Å²) in [6.45, 7) is 2.29. The van der Waals surface area contributed by atoms with Crippen molar-refractivity contribution >= 4 is 17.6 Å². The molecule has 2 atom stereocenters. The number of anilines is 1. The molecule has 7 nitrogen and oxygen atoms in total. The molecule has 3 heterocycles. The molecule has 1 aliphatic carbocycles. The van der Waals surface area contributed by atoms with Crippen molar-refractivity contribution in [3.8, 4) is 0 Å². The molecule has 0 unspecified atom stereocenters. The first kappa shape index (κ1) is 21.2. The predicted octanol–water partition coefficient (Wildman–Crippen LogP) is 3.29. The molecule has 0 radical (unpaired) electrons. The van der Waals surface area contributed by atoms with Gasteiger partial charge in [0.25, 0.3) is 5.91 Å². The van der Waals surface area contributed by atoms with Gasteiger partial charge in [0, 0.05) is 18.8 Å². The fourth-order valence-corrected chi connectivity index (χ4v) is 4.52. The first-order chi connectivity index (χ1) is 14.7. The number of rotatable bonds is 3. The highest BCUT2D eigenvalue weighted by molar-refractivity contribution is 5.99. The lowest BCUT2D eigenvalue weighted by molar-refractivity contribution is -0.141. The lowest BCUT2D eigenvalue weighted by atomic mass is 9.71. The molecule has 1 aliphatic heterocycles. The number of pyridine rings is 1. The van der Waals surface area contributed by atoms with Gasteiger partial charge in [0.15, 0.2) is 0 Å². The van der Waals surface area contributed by atoms with Crippen LogP contribution in [0.25, 0.3) is 0 Å². The van der Waals surface area contributed by atoms with Gasteiger partial charge in [-0.3, -0.25) is 14.5 Å². The van der Waals surface area contributed by atoms with E-state index in [9.17, 15) is 22.8 Å². The van der Waals surface area contributed by atoms with Crippen LogP contribution < -0.4 is 10.2 Å². The van der Waals surface area contributed by atoms with Crippen molar-refractivity contribution in [1.82, 2.24) is 20.3 Å². The van der Waals surface area contributed by atoms with Gasteiger partial charge in [0.05, 0.1) is 5.41 Å². The maximum absolute atomic E-state index is 13.3. The van der Waals surface area contributed by atoms with Crippen LogP contribution in [0.4, 0.5) is 19.0 Å². The summed E-state index contributed by atoms with van der Waals surface area (Å²) in [7, 11) is 0. The molecule has 10 heteroatoms. The normalized spacial score (nSPS) is 23.9. The number of hydrogen-bond donors (Lipinski definition) is 1. The molecule has 1 saturated carbocycles. The molecule has 0 aromatic carbocycles. The third kappa shape index (κ3) is 4.24. The average Bonchev–Trinajstić information content (AvgIpc) is 3.03. The van der Waals surface area contributed by atoms with Crippen molar-refractivity contribution in [3.63, 3.8) is 0 Å². The monoisotopic (exact) mass is 433 g/mol. The van der Waals surface area contributed by atoms with Crippen LogP contribution in [0.15, 0.2) is 30.5 Å². The SMILES string of the molecule is Cc1nccc(N2CC[C@]3(CCC[C@@H](NC(=O)c4cccc(C(F)(F)F)n4)C3)C2=O)n1. The summed E-state index contributed by atoms with van der Waals surface area (Å²) in [5, 5.41) is 2.78. The van der Waals surface area contributed by atoms with E-state index < -0.39 is 23.2 Å². The summed E-state index contributed by atoms with van der Waals surface area (Å²) in [5.41, 5.74) is -2.00. The molecule has 31 heavy (non-hydrogen) atoms. The molecule has 4 rings (SSSR count). The lowest BCUT2D eigenvalue weighted by Gasteiger charge is -2.36. The zero-order chi connectivity index (χ0) is 22.2. The molecule has 2 fully saturated rings. The van der Waals surface area contributed by atoms with Gasteiger partial charge in [-0.25, -0.2) is 15.0 Å².